The van der Waals surface area contributed by atoms with E-state index in [1.165, 1.54) is 11.1 Å². The van der Waals surface area contributed by atoms with Crippen molar-refractivity contribution in [2.75, 3.05) is 107 Å². The topological polar surface area (TPSA) is 256 Å². The van der Waals surface area contributed by atoms with Crippen LogP contribution in [0.2, 0.25) is 0 Å². The van der Waals surface area contributed by atoms with E-state index in [4.69, 9.17) is 77.6 Å². The van der Waals surface area contributed by atoms with Crippen molar-refractivity contribution in [3.63, 3.8) is 0 Å². The third-order valence-corrected chi connectivity index (χ3v) is 10.8. The Labute approximate surface area is 455 Å². The maximum atomic E-state index is 9.86. The molecule has 5 N–H and O–H groups in total. The molecule has 4 heterocycles. The first-order valence-electron chi connectivity index (χ1n) is 24.0. The summed E-state index contributed by atoms with van der Waals surface area (Å²) in [4.78, 5) is 42.0. The quantitative estimate of drug-likeness (QED) is 0.0447. The molecule has 0 radical (unpaired) electrons. The van der Waals surface area contributed by atoms with Crippen LogP contribution < -0.4 is 9.47 Å². The number of aryl methyl sites for hydroxylation is 2. The normalized spacial score (nSPS) is 11.8. The van der Waals surface area contributed by atoms with Crippen LogP contribution >= 0.6 is 0 Å². The molecule has 0 fully saturated rings. The summed E-state index contributed by atoms with van der Waals surface area (Å²) in [5.74, 6) is -0.728. The molecule has 3 aromatic rings. The molecule has 0 spiro atoms. The van der Waals surface area contributed by atoms with Crippen molar-refractivity contribution < 1.29 is 108 Å². The fraction of sp³-hybridized carbons (Fsp3) is 0.538. The van der Waals surface area contributed by atoms with Crippen molar-refractivity contribution in [2.45, 2.75) is 80.1 Å². The van der Waals surface area contributed by atoms with E-state index in [0.717, 1.165) is 77.1 Å². The van der Waals surface area contributed by atoms with E-state index in [9.17, 15) is 10.2 Å². The minimum atomic E-state index is -0.833. The smallest absolute Gasteiger partial charge is 0.300 e. The number of aromatic nitrogens is 5. The van der Waals surface area contributed by atoms with E-state index < -0.39 is 11.9 Å². The minimum absolute atomic E-state index is 0. The number of aromatic amines is 1. The van der Waals surface area contributed by atoms with Crippen LogP contribution in [0.4, 0.5) is 0 Å². The van der Waals surface area contributed by atoms with Gasteiger partial charge in [-0.05, 0) is 97.9 Å². The predicted octanol–water partition coefficient (Wildman–Crippen LogP) is 7.30. The maximum Gasteiger partial charge on any atom is 0.300 e. The molecule has 0 aliphatic carbocycles. The molecule has 20 heteroatoms. The van der Waals surface area contributed by atoms with Crippen molar-refractivity contribution in [3.05, 3.63) is 70.6 Å². The number of nitrogens with zero attached hydrogens (tertiary/aromatic N) is 4. The number of nitrogens with one attached hydrogen (secondary N) is 1. The molecule has 0 saturated carbocycles. The van der Waals surface area contributed by atoms with E-state index in [1.807, 2.05) is 25.3 Å². The summed E-state index contributed by atoms with van der Waals surface area (Å²) < 4.78 is 45.3. The Morgan fingerprint density at radius 3 is 1.44 bits per heavy atom. The van der Waals surface area contributed by atoms with E-state index in [2.05, 4.69) is 37.9 Å². The summed E-state index contributed by atoms with van der Waals surface area (Å²) in [7, 11) is 3.28. The molecule has 19 nitrogen and oxygen atoms in total. The number of hydrogen-bond donors (Lipinski definition) is 5. The number of aliphatic carboxylic acids is 2. The molecule has 0 atom stereocenters. The van der Waals surface area contributed by atoms with Crippen LogP contribution in [0.3, 0.4) is 0 Å². The summed E-state index contributed by atoms with van der Waals surface area (Å²) in [6, 6.07) is 7.87. The molecule has 0 amide bonds. The Balaban J connectivity index is 0.00000183. The fourth-order valence-electron chi connectivity index (χ4n) is 7.41. The maximum absolute atomic E-state index is 9.86. The minimum Gasteiger partial charge on any atom is -0.487 e. The van der Waals surface area contributed by atoms with Crippen LogP contribution in [0.25, 0.3) is 44.4 Å². The van der Waals surface area contributed by atoms with E-state index >= 15 is 0 Å². The fourth-order valence-corrected chi connectivity index (χ4v) is 7.41. The number of carboxylic acid groups (broad SMARTS) is 2. The number of allylic oxidation sites excluding steroid dienone is 4. The summed E-state index contributed by atoms with van der Waals surface area (Å²) in [6.45, 7) is 15.7. The van der Waals surface area contributed by atoms with Crippen LogP contribution in [-0.2, 0) is 44.4 Å². The summed E-state index contributed by atoms with van der Waals surface area (Å²) >= 11 is 0. The number of aliphatic hydroxyl groups is 2. The number of methoxy groups -OCH3 is 2. The van der Waals surface area contributed by atoms with Gasteiger partial charge in [0.15, 0.2) is 11.5 Å². The standard InChI is InChI=1S/C48H67N5O10.2C2H4O2.Gd/c1-7-35-36(8-2)40-28-42-38(12-10-14-55)34(4)46(53-42)32-50-44-30-48(63-26-24-61-22-20-59-18-16-57-6)47(62-25-23-60-21-19-58-17-15-56-5)29-43(44)49-31-45-33(3)37(11-9-13-54)41(52-45)27-39(35)51-40;2*1-2(3)4;/h27-32,52,54-55H,7-26H2,1-6H3;2*1H3,(H,3,4);. The Morgan fingerprint density at radius 2 is 0.972 bits per heavy atom. The van der Waals surface area contributed by atoms with E-state index in [-0.39, 0.29) is 66.4 Å². The Kier molecular flexibility index (Phi) is 32.4. The van der Waals surface area contributed by atoms with Crippen molar-refractivity contribution in [1.29, 1.82) is 0 Å². The van der Waals surface area contributed by atoms with Crippen LogP contribution in [-0.4, -0.2) is 164 Å². The van der Waals surface area contributed by atoms with Crippen LogP contribution in [0.1, 0.15) is 101 Å². The van der Waals surface area contributed by atoms with Gasteiger partial charge in [0.25, 0.3) is 11.9 Å². The Bertz CT molecular complexity index is 2390. The van der Waals surface area contributed by atoms with Gasteiger partial charge in [-0.2, -0.15) is 0 Å². The molecule has 0 unspecified atom stereocenters. The third-order valence-electron chi connectivity index (χ3n) is 10.8. The molecule has 72 heavy (non-hydrogen) atoms. The van der Waals surface area contributed by atoms with Crippen LogP contribution in [0.5, 0.6) is 11.5 Å². The van der Waals surface area contributed by atoms with Crippen molar-refractivity contribution in [2.24, 2.45) is 0 Å². The van der Waals surface area contributed by atoms with Gasteiger partial charge in [-0.1, -0.05) is 13.8 Å². The molecule has 1 aromatic carbocycles. The second-order valence-corrected chi connectivity index (χ2v) is 16.0. The van der Waals surface area contributed by atoms with Crippen LogP contribution in [0.15, 0.2) is 36.7 Å². The molecule has 2 aromatic heterocycles. The van der Waals surface area contributed by atoms with Gasteiger partial charge in [-0.15, -0.1) is 0 Å². The zero-order valence-electron chi connectivity index (χ0n) is 43.1. The Hall–Kier alpha value is -4.32. The molecular formula is C52H75GdN5O14. The van der Waals surface area contributed by atoms with Crippen molar-refractivity contribution in [1.82, 2.24) is 24.9 Å². The molecular weight excluding hydrogens is 1080 g/mol. The number of fused-ring (bicyclic) bond motifs is 7. The average Bonchev–Trinajstić information content (AvgIpc) is 3.94. The second-order valence-electron chi connectivity index (χ2n) is 16.0. The molecule has 400 valence electrons. The SMILES string of the molecule is CC(=O)O.CC(=O)O.CCC1=C(CC)c2cc3[nH]c(cnc4cc(OCCOCCOCCOC)c(OCCOCCOCCOC)cc4ncc4nc(cc1n2)C(CCCO)=C4C)c(C)c3CCCO.[Gd]. The molecule has 6 bridgehead atoms. The third kappa shape index (κ3) is 22.0. The number of carboxylic acids is 2. The first-order chi connectivity index (χ1) is 34.3. The number of hydrogen-bond acceptors (Lipinski definition) is 16. The number of benzene rings is 1. The molecule has 2 aliphatic rings. The number of carbonyl (C=O) groups is 2. The monoisotopic (exact) mass is 1150 g/mol. The number of ether oxygens (including phenoxy) is 8. The number of H-pyrrole nitrogens is 1. The molecule has 0 saturated heterocycles. The Morgan fingerprint density at radius 1 is 0.556 bits per heavy atom. The van der Waals surface area contributed by atoms with Crippen molar-refractivity contribution in [3.8, 4) is 11.5 Å². The van der Waals surface area contributed by atoms with Crippen molar-refractivity contribution >= 4 is 56.3 Å². The zero-order valence-corrected chi connectivity index (χ0v) is 45.4. The van der Waals surface area contributed by atoms with Gasteiger partial charge in [0, 0.05) is 98.9 Å². The average molecular weight is 1150 g/mol. The van der Waals surface area contributed by atoms with Gasteiger partial charge < -0.3 is 63.3 Å². The van der Waals surface area contributed by atoms with E-state index in [0.29, 0.717) is 120 Å². The largest absolute Gasteiger partial charge is 0.487 e. The first-order valence-corrected chi connectivity index (χ1v) is 24.0. The van der Waals surface area contributed by atoms with Crippen LogP contribution in [0, 0.1) is 46.9 Å². The van der Waals surface area contributed by atoms with Gasteiger partial charge in [0.1, 0.15) is 13.2 Å². The van der Waals surface area contributed by atoms with Gasteiger partial charge in [-0.3, -0.25) is 19.6 Å². The van der Waals surface area contributed by atoms with Gasteiger partial charge >= 0.3 is 0 Å². The second kappa shape index (κ2) is 36.6. The van der Waals surface area contributed by atoms with E-state index in [1.54, 1.807) is 20.4 Å². The molecule has 5 rings (SSSR count). The van der Waals surface area contributed by atoms with Gasteiger partial charge in [0.05, 0.1) is 118 Å². The first kappa shape index (κ1) is 63.8. The van der Waals surface area contributed by atoms with Gasteiger partial charge in [-0.25, -0.2) is 9.97 Å². The summed E-state index contributed by atoms with van der Waals surface area (Å²) in [6.07, 6.45) is 7.76. The van der Waals surface area contributed by atoms with Gasteiger partial charge in [0.2, 0.25) is 0 Å². The number of rotatable bonds is 28. The molecule has 2 aliphatic heterocycles. The number of aliphatic hydroxyl groups excluding tert-OH is 2. The zero-order chi connectivity index (χ0) is 52.0. The summed E-state index contributed by atoms with van der Waals surface area (Å²) in [5.41, 5.74) is 12.7. The summed E-state index contributed by atoms with van der Waals surface area (Å²) in [5, 5.41) is 34.5. The predicted molar refractivity (Wildman–Crippen MR) is 272 cm³/mol.